The lowest BCUT2D eigenvalue weighted by Gasteiger charge is -2.13. The predicted molar refractivity (Wildman–Crippen MR) is 136 cm³/mol. The molecule has 4 N–H and O–H groups in total. The number of aliphatic imine (C=N–C) groups is 1. The van der Waals surface area contributed by atoms with E-state index in [4.69, 9.17) is 14.6 Å². The van der Waals surface area contributed by atoms with E-state index in [1.807, 2.05) is 31.3 Å². The average Bonchev–Trinajstić information content (AvgIpc) is 3.18. The molecule has 0 saturated heterocycles. The molecule has 1 heterocycles. The summed E-state index contributed by atoms with van der Waals surface area (Å²) >= 11 is 0. The predicted octanol–water partition coefficient (Wildman–Crippen LogP) is 3.60. The van der Waals surface area contributed by atoms with Gasteiger partial charge in [-0.05, 0) is 54.8 Å². The Balaban J connectivity index is 0.00000363. The molecule has 0 spiro atoms. The first-order valence-corrected chi connectivity index (χ1v) is 10.3. The van der Waals surface area contributed by atoms with E-state index < -0.39 is 0 Å². The number of aliphatic hydroxyl groups is 1. The number of guanidine groups is 1. The van der Waals surface area contributed by atoms with Crippen molar-refractivity contribution in [2.75, 3.05) is 33.4 Å². The van der Waals surface area contributed by atoms with Crippen LogP contribution in [-0.2, 0) is 13.0 Å². The SMILES string of the molecule is CCNC(=NCc1ccc(OCCO)c(OC)c1)NCCc1c[nH]c2ccc(F)cc12.I. The molecule has 0 radical (unpaired) electrons. The summed E-state index contributed by atoms with van der Waals surface area (Å²) in [5.74, 6) is 1.66. The average molecular weight is 556 g/mol. The van der Waals surface area contributed by atoms with Gasteiger partial charge in [-0.3, -0.25) is 0 Å². The van der Waals surface area contributed by atoms with Gasteiger partial charge < -0.3 is 30.2 Å². The summed E-state index contributed by atoms with van der Waals surface area (Å²) < 4.78 is 24.4. The van der Waals surface area contributed by atoms with E-state index in [2.05, 4.69) is 20.6 Å². The highest BCUT2D eigenvalue weighted by atomic mass is 127. The molecule has 3 aromatic rings. The summed E-state index contributed by atoms with van der Waals surface area (Å²) in [6.45, 7) is 4.03. The monoisotopic (exact) mass is 556 g/mol. The third-order valence-electron chi connectivity index (χ3n) is 4.76. The van der Waals surface area contributed by atoms with Crippen LogP contribution in [-0.4, -0.2) is 49.5 Å². The molecule has 2 aromatic carbocycles. The second-order valence-corrected chi connectivity index (χ2v) is 6.93. The maximum Gasteiger partial charge on any atom is 0.191 e. The standard InChI is InChI=1S/C23H29FN4O3.HI/c1-3-25-23(26-9-8-17-15-27-20-6-5-18(24)13-19(17)20)28-14-16-4-7-21(31-11-10-29)22(12-16)30-2;/h4-7,12-13,15,27,29H,3,8-11,14H2,1-2H3,(H2,25,26,28);1H. The normalized spacial score (nSPS) is 11.2. The van der Waals surface area contributed by atoms with Crippen molar-refractivity contribution in [2.45, 2.75) is 19.9 Å². The second kappa shape index (κ2) is 13.1. The molecular weight excluding hydrogens is 526 g/mol. The molecule has 0 aliphatic heterocycles. The minimum atomic E-state index is -0.237. The number of aromatic amines is 1. The second-order valence-electron chi connectivity index (χ2n) is 6.93. The number of hydrogen-bond donors (Lipinski definition) is 4. The molecule has 174 valence electrons. The summed E-state index contributed by atoms with van der Waals surface area (Å²) in [4.78, 5) is 7.81. The molecular formula is C23H30FIN4O3. The van der Waals surface area contributed by atoms with E-state index in [-0.39, 0.29) is 43.0 Å². The van der Waals surface area contributed by atoms with Gasteiger partial charge >= 0.3 is 0 Å². The van der Waals surface area contributed by atoms with Gasteiger partial charge in [-0.1, -0.05) is 6.07 Å². The summed E-state index contributed by atoms with van der Waals surface area (Å²) in [6.07, 6.45) is 2.65. The first kappa shape index (κ1) is 25.7. The molecule has 0 fully saturated rings. The molecule has 0 saturated carbocycles. The molecule has 0 unspecified atom stereocenters. The summed E-state index contributed by atoms with van der Waals surface area (Å²) in [5.41, 5.74) is 2.95. The fourth-order valence-corrected chi connectivity index (χ4v) is 3.27. The Hall–Kier alpha value is -2.53. The summed E-state index contributed by atoms with van der Waals surface area (Å²) in [7, 11) is 1.58. The van der Waals surface area contributed by atoms with Crippen LogP contribution in [0.4, 0.5) is 4.39 Å². The van der Waals surface area contributed by atoms with Crippen molar-refractivity contribution in [2.24, 2.45) is 4.99 Å². The van der Waals surface area contributed by atoms with E-state index in [1.165, 1.54) is 6.07 Å². The molecule has 0 bridgehead atoms. The molecule has 0 atom stereocenters. The van der Waals surface area contributed by atoms with Gasteiger partial charge in [0, 0.05) is 30.2 Å². The molecule has 3 rings (SSSR count). The highest BCUT2D eigenvalue weighted by Gasteiger charge is 2.07. The number of aliphatic hydroxyl groups excluding tert-OH is 1. The molecule has 0 amide bonds. The van der Waals surface area contributed by atoms with Crippen LogP contribution in [0.5, 0.6) is 11.5 Å². The number of ether oxygens (including phenoxy) is 2. The third-order valence-corrected chi connectivity index (χ3v) is 4.76. The van der Waals surface area contributed by atoms with Crippen LogP contribution < -0.4 is 20.1 Å². The molecule has 32 heavy (non-hydrogen) atoms. The first-order chi connectivity index (χ1) is 15.1. The maximum atomic E-state index is 13.6. The summed E-state index contributed by atoms with van der Waals surface area (Å²) in [5, 5.41) is 16.4. The van der Waals surface area contributed by atoms with Gasteiger partial charge in [0.15, 0.2) is 17.5 Å². The van der Waals surface area contributed by atoms with E-state index in [1.54, 1.807) is 19.2 Å². The van der Waals surface area contributed by atoms with Crippen LogP contribution in [0.15, 0.2) is 47.6 Å². The fraction of sp³-hybridized carbons (Fsp3) is 0.348. The van der Waals surface area contributed by atoms with Crippen molar-refractivity contribution in [1.29, 1.82) is 0 Å². The van der Waals surface area contributed by atoms with Crippen LogP contribution in [0.1, 0.15) is 18.1 Å². The van der Waals surface area contributed by atoms with Gasteiger partial charge in [-0.25, -0.2) is 9.38 Å². The number of methoxy groups -OCH3 is 1. The topological polar surface area (TPSA) is 90.9 Å². The lowest BCUT2D eigenvalue weighted by molar-refractivity contribution is 0.196. The number of H-pyrrole nitrogens is 1. The van der Waals surface area contributed by atoms with Gasteiger partial charge in [0.25, 0.3) is 0 Å². The molecule has 9 heteroatoms. The highest BCUT2D eigenvalue weighted by Crippen LogP contribution is 2.28. The minimum Gasteiger partial charge on any atom is -0.493 e. The van der Waals surface area contributed by atoms with E-state index in [0.29, 0.717) is 30.5 Å². The maximum absolute atomic E-state index is 13.6. The fourth-order valence-electron chi connectivity index (χ4n) is 3.27. The van der Waals surface area contributed by atoms with E-state index in [0.717, 1.165) is 35.0 Å². The van der Waals surface area contributed by atoms with Crippen molar-refractivity contribution < 1.29 is 19.0 Å². The molecule has 0 aliphatic carbocycles. The zero-order valence-corrected chi connectivity index (χ0v) is 20.6. The number of fused-ring (bicyclic) bond motifs is 1. The number of aromatic nitrogens is 1. The zero-order chi connectivity index (χ0) is 22.1. The Morgan fingerprint density at radius 2 is 2.00 bits per heavy atom. The quantitative estimate of drug-likeness (QED) is 0.174. The molecule has 1 aromatic heterocycles. The van der Waals surface area contributed by atoms with Gasteiger partial charge in [-0.15, -0.1) is 24.0 Å². The number of benzene rings is 2. The van der Waals surface area contributed by atoms with Crippen molar-refractivity contribution in [3.8, 4) is 11.5 Å². The zero-order valence-electron chi connectivity index (χ0n) is 18.3. The van der Waals surface area contributed by atoms with Gasteiger partial charge in [0.05, 0.1) is 20.3 Å². The number of rotatable bonds is 10. The lowest BCUT2D eigenvalue weighted by atomic mass is 10.1. The van der Waals surface area contributed by atoms with Crippen LogP contribution in [0.25, 0.3) is 10.9 Å². The number of nitrogens with one attached hydrogen (secondary N) is 3. The lowest BCUT2D eigenvalue weighted by Crippen LogP contribution is -2.38. The Bertz CT molecular complexity index is 1030. The smallest absolute Gasteiger partial charge is 0.191 e. The van der Waals surface area contributed by atoms with E-state index >= 15 is 0 Å². The van der Waals surface area contributed by atoms with Crippen LogP contribution >= 0.6 is 24.0 Å². The van der Waals surface area contributed by atoms with Crippen molar-refractivity contribution in [3.63, 3.8) is 0 Å². The van der Waals surface area contributed by atoms with E-state index in [9.17, 15) is 4.39 Å². The highest BCUT2D eigenvalue weighted by molar-refractivity contribution is 14.0. The largest absolute Gasteiger partial charge is 0.493 e. The number of nitrogens with zero attached hydrogens (tertiary/aromatic N) is 1. The molecule has 0 aliphatic rings. The van der Waals surface area contributed by atoms with Gasteiger partial charge in [-0.2, -0.15) is 0 Å². The first-order valence-electron chi connectivity index (χ1n) is 10.3. The molecule has 7 nitrogen and oxygen atoms in total. The van der Waals surface area contributed by atoms with Gasteiger partial charge in [0.1, 0.15) is 12.4 Å². The van der Waals surface area contributed by atoms with Crippen molar-refractivity contribution in [1.82, 2.24) is 15.6 Å². The van der Waals surface area contributed by atoms with Gasteiger partial charge in [0.2, 0.25) is 0 Å². The Morgan fingerprint density at radius 1 is 1.16 bits per heavy atom. The van der Waals surface area contributed by atoms with Crippen molar-refractivity contribution >= 4 is 40.8 Å². The third kappa shape index (κ3) is 6.99. The number of hydrogen-bond acceptors (Lipinski definition) is 4. The summed E-state index contributed by atoms with van der Waals surface area (Å²) in [6, 6.07) is 10.4. The Labute approximate surface area is 204 Å². The van der Waals surface area contributed by atoms with Crippen LogP contribution in [0, 0.1) is 5.82 Å². The van der Waals surface area contributed by atoms with Crippen LogP contribution in [0.3, 0.4) is 0 Å². The van der Waals surface area contributed by atoms with Crippen LogP contribution in [0.2, 0.25) is 0 Å². The minimum absolute atomic E-state index is 0. The number of halogens is 2. The Kier molecular flexibility index (Phi) is 10.5. The Morgan fingerprint density at radius 3 is 2.75 bits per heavy atom. The van der Waals surface area contributed by atoms with Crippen molar-refractivity contribution in [3.05, 3.63) is 59.5 Å².